The second kappa shape index (κ2) is 9.40. The van der Waals surface area contributed by atoms with E-state index < -0.39 is 0 Å². The van der Waals surface area contributed by atoms with Crippen molar-refractivity contribution < 1.29 is 14.6 Å². The molecule has 1 rings (SSSR count). The summed E-state index contributed by atoms with van der Waals surface area (Å²) in [5.74, 6) is 1.16. The lowest BCUT2D eigenvalue weighted by molar-refractivity contribution is -0.132. The molecule has 0 aliphatic rings. The van der Waals surface area contributed by atoms with Crippen molar-refractivity contribution in [2.45, 2.75) is 39.0 Å². The van der Waals surface area contributed by atoms with Gasteiger partial charge in [0.25, 0.3) is 5.91 Å². The Morgan fingerprint density at radius 2 is 2.05 bits per heavy atom. The van der Waals surface area contributed by atoms with Gasteiger partial charge in [0, 0.05) is 20.2 Å². The van der Waals surface area contributed by atoms with Crippen molar-refractivity contribution in [3.63, 3.8) is 0 Å². The molecule has 0 bridgehead atoms. The second-order valence-corrected chi connectivity index (χ2v) is 5.62. The number of hydrogen-bond acceptors (Lipinski definition) is 3. The van der Waals surface area contributed by atoms with Crippen LogP contribution in [0.3, 0.4) is 0 Å². The summed E-state index contributed by atoms with van der Waals surface area (Å²) in [4.78, 5) is 13.6. The molecule has 0 saturated carbocycles. The number of aliphatic hydroxyl groups is 1. The summed E-state index contributed by atoms with van der Waals surface area (Å²) in [7, 11) is 1.79. The van der Waals surface area contributed by atoms with Gasteiger partial charge in [0.1, 0.15) is 5.75 Å². The minimum Gasteiger partial charge on any atom is -0.484 e. The summed E-state index contributed by atoms with van der Waals surface area (Å²) in [6.45, 7) is 5.24. The number of unbranched alkanes of at least 4 members (excludes halogenated alkanes) is 2. The van der Waals surface area contributed by atoms with Gasteiger partial charge in [-0.1, -0.05) is 26.0 Å². The van der Waals surface area contributed by atoms with E-state index >= 15 is 0 Å². The van der Waals surface area contributed by atoms with Crippen molar-refractivity contribution in [2.24, 2.45) is 0 Å². The summed E-state index contributed by atoms with van der Waals surface area (Å²) in [5.41, 5.74) is 1.21. The van der Waals surface area contributed by atoms with E-state index in [9.17, 15) is 4.79 Å². The largest absolute Gasteiger partial charge is 0.484 e. The van der Waals surface area contributed by atoms with E-state index in [1.165, 1.54) is 5.56 Å². The SMILES string of the molecule is CC(C)c1cccc(OCC(=O)N(C)CCCCCO)c1. The molecule has 21 heavy (non-hydrogen) atoms. The van der Waals surface area contributed by atoms with Gasteiger partial charge in [-0.25, -0.2) is 0 Å². The molecule has 1 aromatic carbocycles. The van der Waals surface area contributed by atoms with Crippen LogP contribution in [0.25, 0.3) is 0 Å². The van der Waals surface area contributed by atoms with E-state index in [1.54, 1.807) is 11.9 Å². The lowest BCUT2D eigenvalue weighted by Crippen LogP contribution is -2.32. The maximum atomic E-state index is 12.0. The molecule has 0 atom stereocenters. The van der Waals surface area contributed by atoms with Gasteiger partial charge in [-0.3, -0.25) is 4.79 Å². The van der Waals surface area contributed by atoms with Crippen LogP contribution >= 0.6 is 0 Å². The predicted molar refractivity (Wildman–Crippen MR) is 84.6 cm³/mol. The molecule has 4 heteroatoms. The predicted octanol–water partition coefficient (Wildman–Crippen LogP) is 2.81. The molecular formula is C17H27NO3. The highest BCUT2D eigenvalue weighted by atomic mass is 16.5. The Morgan fingerprint density at radius 1 is 1.29 bits per heavy atom. The molecule has 0 radical (unpaired) electrons. The van der Waals surface area contributed by atoms with E-state index in [0.717, 1.165) is 25.0 Å². The molecule has 4 nitrogen and oxygen atoms in total. The molecular weight excluding hydrogens is 266 g/mol. The average Bonchev–Trinajstić information content (AvgIpc) is 2.49. The van der Waals surface area contributed by atoms with Crippen LogP contribution in [0.4, 0.5) is 0 Å². The molecule has 0 aliphatic carbocycles. The highest BCUT2D eigenvalue weighted by Crippen LogP contribution is 2.20. The fourth-order valence-electron chi connectivity index (χ4n) is 1.98. The van der Waals surface area contributed by atoms with Crippen molar-refractivity contribution in [2.75, 3.05) is 26.8 Å². The van der Waals surface area contributed by atoms with Gasteiger partial charge in [-0.2, -0.15) is 0 Å². The van der Waals surface area contributed by atoms with E-state index in [4.69, 9.17) is 9.84 Å². The molecule has 0 aliphatic heterocycles. The van der Waals surface area contributed by atoms with E-state index in [0.29, 0.717) is 12.5 Å². The Morgan fingerprint density at radius 3 is 2.71 bits per heavy atom. The lowest BCUT2D eigenvalue weighted by Gasteiger charge is -2.17. The van der Waals surface area contributed by atoms with Gasteiger partial charge in [0.15, 0.2) is 6.61 Å². The zero-order valence-electron chi connectivity index (χ0n) is 13.3. The number of benzene rings is 1. The first-order valence-electron chi connectivity index (χ1n) is 7.62. The maximum Gasteiger partial charge on any atom is 0.260 e. The molecule has 0 fully saturated rings. The van der Waals surface area contributed by atoms with Crippen LogP contribution < -0.4 is 4.74 Å². The molecule has 118 valence electrons. The van der Waals surface area contributed by atoms with Crippen molar-refractivity contribution in [3.05, 3.63) is 29.8 Å². The van der Waals surface area contributed by atoms with Gasteiger partial charge < -0.3 is 14.7 Å². The Hall–Kier alpha value is -1.55. The zero-order valence-corrected chi connectivity index (χ0v) is 13.3. The molecule has 1 N–H and O–H groups in total. The summed E-state index contributed by atoms with van der Waals surface area (Å²) in [5, 5.41) is 8.71. The van der Waals surface area contributed by atoms with Crippen LogP contribution in [-0.4, -0.2) is 42.7 Å². The number of likely N-dealkylation sites (N-methyl/N-ethyl adjacent to an activating group) is 1. The molecule has 0 aromatic heterocycles. The number of carbonyl (C=O) groups is 1. The molecule has 1 amide bonds. The van der Waals surface area contributed by atoms with Crippen LogP contribution in [0.15, 0.2) is 24.3 Å². The van der Waals surface area contributed by atoms with E-state index in [1.807, 2.05) is 18.2 Å². The fraction of sp³-hybridized carbons (Fsp3) is 0.588. The third-order valence-electron chi connectivity index (χ3n) is 3.46. The van der Waals surface area contributed by atoms with E-state index in [2.05, 4.69) is 19.9 Å². The second-order valence-electron chi connectivity index (χ2n) is 5.62. The Bertz CT molecular complexity index is 432. The van der Waals surface area contributed by atoms with Gasteiger partial charge in [-0.05, 0) is 42.9 Å². The standard InChI is InChI=1S/C17H27NO3/c1-14(2)15-8-7-9-16(12-15)21-13-17(20)18(3)10-5-4-6-11-19/h7-9,12,14,19H,4-6,10-11,13H2,1-3H3. The van der Waals surface area contributed by atoms with Crippen LogP contribution in [0.5, 0.6) is 5.75 Å². The fourth-order valence-corrected chi connectivity index (χ4v) is 1.98. The summed E-state index contributed by atoms with van der Waals surface area (Å²) >= 11 is 0. The third kappa shape index (κ3) is 6.63. The number of amides is 1. The number of carbonyl (C=O) groups excluding carboxylic acids is 1. The van der Waals surface area contributed by atoms with Crippen LogP contribution in [-0.2, 0) is 4.79 Å². The van der Waals surface area contributed by atoms with Crippen molar-refractivity contribution in [1.82, 2.24) is 4.90 Å². The number of rotatable bonds is 9. The molecule has 0 heterocycles. The maximum absolute atomic E-state index is 12.0. The van der Waals surface area contributed by atoms with Crippen LogP contribution in [0, 0.1) is 0 Å². The van der Waals surface area contributed by atoms with Gasteiger partial charge in [0.05, 0.1) is 0 Å². The quantitative estimate of drug-likeness (QED) is 0.712. The molecule has 1 aromatic rings. The highest BCUT2D eigenvalue weighted by Gasteiger charge is 2.09. The van der Waals surface area contributed by atoms with E-state index in [-0.39, 0.29) is 19.1 Å². The topological polar surface area (TPSA) is 49.8 Å². The lowest BCUT2D eigenvalue weighted by atomic mass is 10.0. The summed E-state index contributed by atoms with van der Waals surface area (Å²) in [6.07, 6.45) is 2.64. The van der Waals surface area contributed by atoms with Gasteiger partial charge >= 0.3 is 0 Å². The van der Waals surface area contributed by atoms with Crippen LogP contribution in [0.2, 0.25) is 0 Å². The average molecular weight is 293 g/mol. The highest BCUT2D eigenvalue weighted by molar-refractivity contribution is 5.77. The number of nitrogens with zero attached hydrogens (tertiary/aromatic N) is 1. The van der Waals surface area contributed by atoms with Gasteiger partial charge in [0.2, 0.25) is 0 Å². The first-order chi connectivity index (χ1) is 10.0. The molecule has 0 unspecified atom stereocenters. The normalized spacial score (nSPS) is 10.7. The molecule has 0 saturated heterocycles. The smallest absolute Gasteiger partial charge is 0.260 e. The monoisotopic (exact) mass is 293 g/mol. The minimum atomic E-state index is -0.0195. The van der Waals surface area contributed by atoms with Gasteiger partial charge in [-0.15, -0.1) is 0 Å². The van der Waals surface area contributed by atoms with Crippen molar-refractivity contribution >= 4 is 5.91 Å². The molecule has 0 spiro atoms. The Labute approximate surface area is 127 Å². The minimum absolute atomic E-state index is 0.0195. The first-order valence-corrected chi connectivity index (χ1v) is 7.62. The van der Waals surface area contributed by atoms with Crippen LogP contribution in [0.1, 0.15) is 44.6 Å². The number of ether oxygens (including phenoxy) is 1. The third-order valence-corrected chi connectivity index (χ3v) is 3.46. The first kappa shape index (κ1) is 17.5. The summed E-state index contributed by atoms with van der Waals surface area (Å²) in [6, 6.07) is 7.87. The number of aliphatic hydroxyl groups excluding tert-OH is 1. The van der Waals surface area contributed by atoms with Crippen molar-refractivity contribution in [1.29, 1.82) is 0 Å². The van der Waals surface area contributed by atoms with Crippen molar-refractivity contribution in [3.8, 4) is 5.75 Å². The number of hydrogen-bond donors (Lipinski definition) is 1. The zero-order chi connectivity index (χ0) is 15.7. The Kier molecular flexibility index (Phi) is 7.83. The Balaban J connectivity index is 2.36. The summed E-state index contributed by atoms with van der Waals surface area (Å²) < 4.78 is 5.58.